The molecule has 0 spiro atoms. The number of nitrogens with one attached hydrogen (secondary N) is 3. The van der Waals surface area contributed by atoms with Crippen molar-refractivity contribution in [3.05, 3.63) is 56.5 Å². The van der Waals surface area contributed by atoms with Gasteiger partial charge in [0.1, 0.15) is 11.5 Å². The van der Waals surface area contributed by atoms with Crippen LogP contribution in [0.15, 0.2) is 45.3 Å². The number of methoxy groups -OCH3 is 1. The standard InChI is InChI=1S/C18H17Br2N3O4S/c1-10-3-5-15(12(19)7-10)27-9-16(24)22-23-18(28)21-17(25)11-4-6-14(26-2)13(20)8-11/h3-8H,9H2,1-2H3,(H,22,24)(H2,21,23,25,28). The smallest absolute Gasteiger partial charge is 0.276 e. The van der Waals surface area contributed by atoms with Crippen LogP contribution in [0.5, 0.6) is 11.5 Å². The molecule has 0 saturated carbocycles. The number of ether oxygens (including phenoxy) is 2. The van der Waals surface area contributed by atoms with Crippen LogP contribution in [0.25, 0.3) is 0 Å². The van der Waals surface area contributed by atoms with E-state index in [-0.39, 0.29) is 11.7 Å². The summed E-state index contributed by atoms with van der Waals surface area (Å²) in [5, 5.41) is 2.41. The number of halogens is 2. The number of thiocarbonyl (C=S) groups is 1. The van der Waals surface area contributed by atoms with Crippen LogP contribution in [-0.4, -0.2) is 30.6 Å². The quantitative estimate of drug-likeness (QED) is 0.406. The van der Waals surface area contributed by atoms with E-state index in [1.165, 1.54) is 7.11 Å². The van der Waals surface area contributed by atoms with Gasteiger partial charge in [-0.25, -0.2) is 0 Å². The lowest BCUT2D eigenvalue weighted by molar-refractivity contribution is -0.123. The Morgan fingerprint density at radius 1 is 1.04 bits per heavy atom. The third-order valence-electron chi connectivity index (χ3n) is 3.40. The Morgan fingerprint density at radius 2 is 1.71 bits per heavy atom. The fraction of sp³-hybridized carbons (Fsp3) is 0.167. The van der Waals surface area contributed by atoms with Gasteiger partial charge in [-0.05, 0) is 86.9 Å². The molecule has 0 aliphatic heterocycles. The van der Waals surface area contributed by atoms with Crippen LogP contribution in [0.3, 0.4) is 0 Å². The average Bonchev–Trinajstić information content (AvgIpc) is 2.65. The zero-order chi connectivity index (χ0) is 20.7. The molecule has 0 aromatic heterocycles. The Labute approximate surface area is 184 Å². The first-order valence-electron chi connectivity index (χ1n) is 7.93. The molecule has 0 unspecified atom stereocenters. The molecule has 28 heavy (non-hydrogen) atoms. The molecule has 0 heterocycles. The summed E-state index contributed by atoms with van der Waals surface area (Å²) in [6.45, 7) is 1.72. The maximum absolute atomic E-state index is 12.2. The predicted octanol–water partition coefficient (Wildman–Crippen LogP) is 3.24. The number of amides is 2. The van der Waals surface area contributed by atoms with Crippen LogP contribution in [0.2, 0.25) is 0 Å². The van der Waals surface area contributed by atoms with Crippen molar-refractivity contribution in [3.63, 3.8) is 0 Å². The number of aryl methyl sites for hydroxylation is 1. The van der Waals surface area contributed by atoms with E-state index < -0.39 is 11.8 Å². The van der Waals surface area contributed by atoms with Gasteiger partial charge in [-0.1, -0.05) is 6.07 Å². The molecule has 10 heteroatoms. The highest BCUT2D eigenvalue weighted by atomic mass is 79.9. The van der Waals surface area contributed by atoms with Gasteiger partial charge in [-0.15, -0.1) is 0 Å². The molecule has 148 valence electrons. The van der Waals surface area contributed by atoms with Crippen molar-refractivity contribution in [1.29, 1.82) is 0 Å². The molecule has 0 fully saturated rings. The Morgan fingerprint density at radius 3 is 2.36 bits per heavy atom. The van der Waals surface area contributed by atoms with E-state index in [0.717, 1.165) is 10.0 Å². The molecule has 2 amide bonds. The molecule has 0 aliphatic carbocycles. The van der Waals surface area contributed by atoms with Gasteiger partial charge in [-0.2, -0.15) is 0 Å². The number of benzene rings is 2. The maximum Gasteiger partial charge on any atom is 0.276 e. The normalized spacial score (nSPS) is 10.0. The Hall–Kier alpha value is -2.17. The van der Waals surface area contributed by atoms with Crippen molar-refractivity contribution in [2.45, 2.75) is 6.92 Å². The second-order valence-corrected chi connectivity index (χ2v) is 7.65. The van der Waals surface area contributed by atoms with E-state index in [4.69, 9.17) is 21.7 Å². The lowest BCUT2D eigenvalue weighted by Crippen LogP contribution is -2.49. The van der Waals surface area contributed by atoms with Crippen molar-refractivity contribution >= 4 is 61.0 Å². The van der Waals surface area contributed by atoms with E-state index in [1.807, 2.05) is 19.1 Å². The highest BCUT2D eigenvalue weighted by Gasteiger charge is 2.11. The topological polar surface area (TPSA) is 88.7 Å². The van der Waals surface area contributed by atoms with E-state index >= 15 is 0 Å². The first-order chi connectivity index (χ1) is 13.3. The molecule has 0 radical (unpaired) electrons. The van der Waals surface area contributed by atoms with Gasteiger partial charge >= 0.3 is 0 Å². The fourth-order valence-corrected chi connectivity index (χ4v) is 3.34. The molecule has 7 nitrogen and oxygen atoms in total. The summed E-state index contributed by atoms with van der Waals surface area (Å²) >= 11 is 11.7. The van der Waals surface area contributed by atoms with E-state index in [9.17, 15) is 9.59 Å². The van der Waals surface area contributed by atoms with Crippen molar-refractivity contribution < 1.29 is 19.1 Å². The van der Waals surface area contributed by atoms with E-state index in [0.29, 0.717) is 21.5 Å². The van der Waals surface area contributed by atoms with E-state index in [1.54, 1.807) is 24.3 Å². The summed E-state index contributed by atoms with van der Waals surface area (Å²) in [5.41, 5.74) is 6.24. The summed E-state index contributed by atoms with van der Waals surface area (Å²) in [7, 11) is 1.53. The first-order valence-corrected chi connectivity index (χ1v) is 9.92. The van der Waals surface area contributed by atoms with Gasteiger partial charge < -0.3 is 9.47 Å². The molecule has 3 N–H and O–H groups in total. The molecule has 2 rings (SSSR count). The molecule has 0 bridgehead atoms. The minimum absolute atomic E-state index is 0.0539. The van der Waals surface area contributed by atoms with Crippen LogP contribution >= 0.6 is 44.1 Å². The largest absolute Gasteiger partial charge is 0.496 e. The monoisotopic (exact) mass is 529 g/mol. The number of carbonyl (C=O) groups excluding carboxylic acids is 2. The average molecular weight is 531 g/mol. The predicted molar refractivity (Wildman–Crippen MR) is 116 cm³/mol. The molecule has 2 aromatic carbocycles. The van der Waals surface area contributed by atoms with Gasteiger partial charge in [0.2, 0.25) is 0 Å². The molecular weight excluding hydrogens is 514 g/mol. The Bertz CT molecular complexity index is 908. The van der Waals surface area contributed by atoms with Gasteiger partial charge in [0, 0.05) is 5.56 Å². The lowest BCUT2D eigenvalue weighted by atomic mass is 10.2. The molecule has 2 aromatic rings. The number of rotatable bonds is 5. The van der Waals surface area contributed by atoms with Crippen LogP contribution < -0.4 is 25.6 Å². The van der Waals surface area contributed by atoms with Crippen molar-refractivity contribution in [3.8, 4) is 11.5 Å². The summed E-state index contributed by atoms with van der Waals surface area (Å²) in [6, 6.07) is 10.4. The SMILES string of the molecule is COc1ccc(C(=O)NC(=S)NNC(=O)COc2ccc(C)cc2Br)cc1Br. The summed E-state index contributed by atoms with van der Waals surface area (Å²) in [6.07, 6.45) is 0. The third-order valence-corrected chi connectivity index (χ3v) is 4.85. The zero-order valence-corrected chi connectivity index (χ0v) is 19.0. The van der Waals surface area contributed by atoms with Crippen LogP contribution in [0.4, 0.5) is 0 Å². The molecule has 0 saturated heterocycles. The second-order valence-electron chi connectivity index (χ2n) is 5.53. The van der Waals surface area contributed by atoms with Gasteiger partial charge in [0.15, 0.2) is 11.7 Å². The number of hydrogen-bond acceptors (Lipinski definition) is 5. The summed E-state index contributed by atoms with van der Waals surface area (Å²) in [5.74, 6) is 0.248. The van der Waals surface area contributed by atoms with Crippen LogP contribution in [0.1, 0.15) is 15.9 Å². The summed E-state index contributed by atoms with van der Waals surface area (Å²) in [4.78, 5) is 24.0. The fourth-order valence-electron chi connectivity index (χ4n) is 2.04. The van der Waals surface area contributed by atoms with Crippen molar-refractivity contribution in [1.82, 2.24) is 16.2 Å². The van der Waals surface area contributed by atoms with E-state index in [2.05, 4.69) is 48.0 Å². The first kappa shape index (κ1) is 22.1. The van der Waals surface area contributed by atoms with Crippen molar-refractivity contribution in [2.24, 2.45) is 0 Å². The lowest BCUT2D eigenvalue weighted by Gasteiger charge is -2.12. The number of hydrazine groups is 1. The van der Waals surface area contributed by atoms with Crippen LogP contribution in [0, 0.1) is 6.92 Å². The summed E-state index contributed by atoms with van der Waals surface area (Å²) < 4.78 is 11.9. The highest BCUT2D eigenvalue weighted by Crippen LogP contribution is 2.26. The van der Waals surface area contributed by atoms with Gasteiger partial charge in [-0.3, -0.25) is 25.8 Å². The Kier molecular flexibility index (Phi) is 8.21. The van der Waals surface area contributed by atoms with Gasteiger partial charge in [0.05, 0.1) is 16.1 Å². The van der Waals surface area contributed by atoms with Crippen LogP contribution in [-0.2, 0) is 4.79 Å². The number of hydrogen-bond donors (Lipinski definition) is 3. The third kappa shape index (κ3) is 6.47. The maximum atomic E-state index is 12.2. The highest BCUT2D eigenvalue weighted by molar-refractivity contribution is 9.10. The van der Waals surface area contributed by atoms with Crippen molar-refractivity contribution in [2.75, 3.05) is 13.7 Å². The molecule has 0 aliphatic rings. The molecular formula is C18H17Br2N3O4S. The Balaban J connectivity index is 1.79. The minimum atomic E-state index is -0.462. The second kappa shape index (κ2) is 10.4. The molecule has 0 atom stereocenters. The zero-order valence-electron chi connectivity index (χ0n) is 15.0. The van der Waals surface area contributed by atoms with Gasteiger partial charge in [0.25, 0.3) is 11.8 Å². The minimum Gasteiger partial charge on any atom is -0.496 e. The number of carbonyl (C=O) groups is 2.